The van der Waals surface area contributed by atoms with Crippen LogP contribution >= 0.6 is 0 Å². The average Bonchev–Trinajstić information content (AvgIpc) is 2.57. The van der Waals surface area contributed by atoms with Crippen molar-refractivity contribution >= 4 is 25.6 Å². The van der Waals surface area contributed by atoms with Crippen LogP contribution in [0.15, 0.2) is 56.0 Å². The number of carbonyl (C=O) groups excluding carboxylic acids is 1. The van der Waals surface area contributed by atoms with Gasteiger partial charge in [-0.15, -0.1) is 0 Å². The molecule has 6 nitrogen and oxygen atoms in total. The van der Waals surface area contributed by atoms with Crippen LogP contribution in [-0.4, -0.2) is 29.4 Å². The second-order valence-electron chi connectivity index (χ2n) is 6.01. The number of hydrogen-bond acceptors (Lipinski definition) is 6. The van der Waals surface area contributed by atoms with Crippen molar-refractivity contribution in [2.75, 3.05) is 6.61 Å². The molecule has 0 N–H and O–H groups in total. The van der Waals surface area contributed by atoms with Gasteiger partial charge in [0.1, 0.15) is 5.82 Å². The molecule has 1 heterocycles. The number of hydrogen-bond donors (Lipinski definition) is 0. The van der Waals surface area contributed by atoms with Gasteiger partial charge in [-0.05, 0) is 35.9 Å². The molecule has 0 saturated carbocycles. The van der Waals surface area contributed by atoms with Gasteiger partial charge in [0.2, 0.25) is 19.7 Å². The standard InChI is InChI=1S/C17H15FO6S2/c1-10(9-24-11(2)19)12-3-5-14-16(7-12)25(20,21)15-6-4-13(18)8-17(15)26(14,22)23/h3-8,10H,9H2,1-2H3. The van der Waals surface area contributed by atoms with Gasteiger partial charge in [-0.1, -0.05) is 13.0 Å². The van der Waals surface area contributed by atoms with Gasteiger partial charge < -0.3 is 4.74 Å². The highest BCUT2D eigenvalue weighted by Gasteiger charge is 2.39. The Morgan fingerprint density at radius 1 is 0.962 bits per heavy atom. The minimum atomic E-state index is -4.17. The van der Waals surface area contributed by atoms with Crippen LogP contribution in [0.3, 0.4) is 0 Å². The topological polar surface area (TPSA) is 94.6 Å². The SMILES string of the molecule is CC(=O)OCC(C)c1ccc2c(c1)S(=O)(=O)c1ccc(F)cc1S2(=O)=O. The first kappa shape index (κ1) is 18.5. The first-order valence-electron chi connectivity index (χ1n) is 7.62. The number of halogens is 1. The van der Waals surface area contributed by atoms with Crippen LogP contribution < -0.4 is 0 Å². The average molecular weight is 398 g/mol. The Kier molecular flexibility index (Phi) is 4.40. The number of sulfone groups is 2. The fourth-order valence-electron chi connectivity index (χ4n) is 2.75. The van der Waals surface area contributed by atoms with E-state index in [1.807, 2.05) is 0 Å². The smallest absolute Gasteiger partial charge is 0.302 e. The molecule has 2 aromatic rings. The van der Waals surface area contributed by atoms with Crippen molar-refractivity contribution in [3.05, 3.63) is 47.8 Å². The summed E-state index contributed by atoms with van der Waals surface area (Å²) >= 11 is 0. The van der Waals surface area contributed by atoms with E-state index in [0.717, 1.165) is 12.1 Å². The molecular formula is C17H15FO6S2. The molecule has 0 aliphatic carbocycles. The lowest BCUT2D eigenvalue weighted by Gasteiger charge is -2.22. The molecule has 138 valence electrons. The van der Waals surface area contributed by atoms with Gasteiger partial charge in [0.25, 0.3) is 0 Å². The van der Waals surface area contributed by atoms with Crippen molar-refractivity contribution in [3.8, 4) is 0 Å². The zero-order valence-electron chi connectivity index (χ0n) is 13.9. The molecule has 0 amide bonds. The Bertz CT molecular complexity index is 1120. The molecular weight excluding hydrogens is 383 g/mol. The predicted octanol–water partition coefficient (Wildman–Crippen LogP) is 2.47. The quantitative estimate of drug-likeness (QED) is 0.497. The van der Waals surface area contributed by atoms with Crippen molar-refractivity contribution < 1.29 is 30.8 Å². The van der Waals surface area contributed by atoms with Gasteiger partial charge in [-0.25, -0.2) is 21.2 Å². The molecule has 0 saturated heterocycles. The Hall–Kier alpha value is -2.26. The number of esters is 1. The molecule has 0 spiro atoms. The van der Waals surface area contributed by atoms with Crippen LogP contribution in [-0.2, 0) is 29.2 Å². The monoisotopic (exact) mass is 398 g/mol. The highest BCUT2D eigenvalue weighted by Crippen LogP contribution is 2.41. The third-order valence-electron chi connectivity index (χ3n) is 4.14. The molecule has 2 aromatic carbocycles. The Morgan fingerprint density at radius 3 is 2.08 bits per heavy atom. The molecule has 0 bridgehead atoms. The summed E-state index contributed by atoms with van der Waals surface area (Å²) in [6.07, 6.45) is 0. The summed E-state index contributed by atoms with van der Waals surface area (Å²) in [5.74, 6) is -1.64. The summed E-state index contributed by atoms with van der Waals surface area (Å²) in [7, 11) is -8.30. The maximum Gasteiger partial charge on any atom is 0.302 e. The summed E-state index contributed by atoms with van der Waals surface area (Å²) in [6, 6.07) is 6.49. The van der Waals surface area contributed by atoms with Gasteiger partial charge in [0.05, 0.1) is 26.2 Å². The summed E-state index contributed by atoms with van der Waals surface area (Å²) < 4.78 is 69.6. The van der Waals surface area contributed by atoms with Crippen molar-refractivity contribution in [1.82, 2.24) is 0 Å². The lowest BCUT2D eigenvalue weighted by molar-refractivity contribution is -0.141. The van der Waals surface area contributed by atoms with E-state index in [-0.39, 0.29) is 22.3 Å². The fraction of sp³-hybridized carbons (Fsp3) is 0.235. The predicted molar refractivity (Wildman–Crippen MR) is 88.8 cm³/mol. The van der Waals surface area contributed by atoms with Crippen LogP contribution in [0.1, 0.15) is 25.3 Å². The third-order valence-corrected chi connectivity index (χ3v) is 8.10. The summed E-state index contributed by atoms with van der Waals surface area (Å²) in [4.78, 5) is 9.18. The zero-order valence-corrected chi connectivity index (χ0v) is 15.5. The van der Waals surface area contributed by atoms with Crippen molar-refractivity contribution in [1.29, 1.82) is 0 Å². The van der Waals surface area contributed by atoms with Gasteiger partial charge in [-0.2, -0.15) is 0 Å². The Morgan fingerprint density at radius 2 is 1.50 bits per heavy atom. The van der Waals surface area contributed by atoms with Gasteiger partial charge in [-0.3, -0.25) is 4.79 Å². The largest absolute Gasteiger partial charge is 0.465 e. The molecule has 0 fully saturated rings. The summed E-state index contributed by atoms with van der Waals surface area (Å²) in [6.45, 7) is 3.01. The molecule has 1 atom stereocenters. The molecule has 0 radical (unpaired) electrons. The van der Waals surface area contributed by atoms with Crippen molar-refractivity contribution in [2.24, 2.45) is 0 Å². The molecule has 3 rings (SSSR count). The molecule has 1 aliphatic heterocycles. The van der Waals surface area contributed by atoms with Crippen LogP contribution in [0, 0.1) is 5.82 Å². The second kappa shape index (κ2) is 6.17. The molecule has 9 heteroatoms. The normalized spacial score (nSPS) is 17.7. The molecule has 0 aromatic heterocycles. The maximum absolute atomic E-state index is 13.5. The van der Waals surface area contributed by atoms with Crippen molar-refractivity contribution in [2.45, 2.75) is 39.3 Å². The summed E-state index contributed by atoms with van der Waals surface area (Å²) in [5, 5.41) is 0. The molecule has 26 heavy (non-hydrogen) atoms. The Balaban J connectivity index is 2.18. The van der Waals surface area contributed by atoms with E-state index >= 15 is 0 Å². The zero-order chi connectivity index (χ0) is 19.3. The highest BCUT2D eigenvalue weighted by atomic mass is 32.2. The van der Waals surface area contributed by atoms with Crippen LogP contribution in [0.25, 0.3) is 0 Å². The fourth-order valence-corrected chi connectivity index (χ4v) is 6.91. The Labute approximate surface area is 150 Å². The van der Waals surface area contributed by atoms with E-state index in [1.54, 1.807) is 6.92 Å². The van der Waals surface area contributed by atoms with E-state index < -0.39 is 41.3 Å². The molecule has 1 aliphatic rings. The van der Waals surface area contributed by atoms with E-state index in [1.165, 1.54) is 25.1 Å². The number of benzene rings is 2. The number of fused-ring (bicyclic) bond motifs is 2. The lowest BCUT2D eigenvalue weighted by Crippen LogP contribution is -2.20. The van der Waals surface area contributed by atoms with Gasteiger partial charge in [0.15, 0.2) is 0 Å². The summed E-state index contributed by atoms with van der Waals surface area (Å²) in [5.41, 5.74) is 0.509. The minimum Gasteiger partial charge on any atom is -0.465 e. The van der Waals surface area contributed by atoms with Gasteiger partial charge in [0, 0.05) is 12.8 Å². The van der Waals surface area contributed by atoms with E-state index in [2.05, 4.69) is 0 Å². The second-order valence-corrected chi connectivity index (χ2v) is 9.78. The van der Waals surface area contributed by atoms with Crippen LogP contribution in [0.2, 0.25) is 0 Å². The number of carbonyl (C=O) groups is 1. The lowest BCUT2D eigenvalue weighted by atomic mass is 10.0. The van der Waals surface area contributed by atoms with Crippen LogP contribution in [0.5, 0.6) is 0 Å². The van der Waals surface area contributed by atoms with Gasteiger partial charge >= 0.3 is 5.97 Å². The first-order valence-corrected chi connectivity index (χ1v) is 10.6. The first-order chi connectivity index (χ1) is 12.0. The van der Waals surface area contributed by atoms with Crippen LogP contribution in [0.4, 0.5) is 4.39 Å². The maximum atomic E-state index is 13.5. The third kappa shape index (κ3) is 2.90. The van der Waals surface area contributed by atoms with E-state index in [9.17, 15) is 26.0 Å². The van der Waals surface area contributed by atoms with E-state index in [0.29, 0.717) is 11.6 Å². The molecule has 1 unspecified atom stereocenters. The van der Waals surface area contributed by atoms with Crippen molar-refractivity contribution in [3.63, 3.8) is 0 Å². The number of rotatable bonds is 3. The minimum absolute atomic E-state index is 0.0305. The van der Waals surface area contributed by atoms with E-state index in [4.69, 9.17) is 4.74 Å². The highest BCUT2D eigenvalue weighted by molar-refractivity contribution is 7.97. The number of ether oxygens (including phenoxy) is 1.